The Morgan fingerprint density at radius 3 is 2.48 bits per heavy atom. The summed E-state index contributed by atoms with van der Waals surface area (Å²) in [6, 6.07) is 0.199. The van der Waals surface area contributed by atoms with Crippen molar-refractivity contribution in [2.24, 2.45) is 5.92 Å². The van der Waals surface area contributed by atoms with Crippen molar-refractivity contribution in [1.29, 1.82) is 0 Å². The molecule has 0 unspecified atom stereocenters. The van der Waals surface area contributed by atoms with Gasteiger partial charge in [-0.25, -0.2) is 4.79 Å². The first-order valence-corrected chi connectivity index (χ1v) is 8.43. The lowest BCUT2D eigenvalue weighted by Gasteiger charge is -2.32. The highest BCUT2D eigenvalue weighted by atomic mass is 16.6. The van der Waals surface area contributed by atoms with Crippen LogP contribution in [0, 0.1) is 5.92 Å². The third-order valence-corrected chi connectivity index (χ3v) is 4.52. The second-order valence-electron chi connectivity index (χ2n) is 6.51. The molecule has 1 N–H and O–H groups in total. The standard InChI is InChI=1S/C16H27N3O4/c1-4-23-16(22)18-7-5-13(6-8-18)17-15(21)12-9-14(20)19(10-12)11(2)3/h11-13H,4-10H2,1-3H3,(H,17,21)/t12-/m0/s1. The van der Waals surface area contributed by atoms with Crippen LogP contribution in [0.3, 0.4) is 0 Å². The van der Waals surface area contributed by atoms with E-state index in [9.17, 15) is 14.4 Å². The molecule has 0 aromatic rings. The molecule has 0 bridgehead atoms. The molecule has 2 aliphatic heterocycles. The molecule has 130 valence electrons. The van der Waals surface area contributed by atoms with E-state index >= 15 is 0 Å². The molecule has 2 heterocycles. The second kappa shape index (κ2) is 7.66. The predicted molar refractivity (Wildman–Crippen MR) is 84.7 cm³/mol. The van der Waals surface area contributed by atoms with Crippen LogP contribution in [-0.4, -0.2) is 66.0 Å². The first-order chi connectivity index (χ1) is 10.9. The molecule has 0 spiro atoms. The summed E-state index contributed by atoms with van der Waals surface area (Å²) in [4.78, 5) is 39.3. The van der Waals surface area contributed by atoms with E-state index in [0.717, 1.165) is 12.8 Å². The average Bonchev–Trinajstić information content (AvgIpc) is 2.90. The van der Waals surface area contributed by atoms with Gasteiger partial charge >= 0.3 is 6.09 Å². The molecule has 0 aromatic heterocycles. The molecule has 2 aliphatic rings. The number of nitrogens with one attached hydrogen (secondary N) is 1. The van der Waals surface area contributed by atoms with E-state index in [4.69, 9.17) is 4.74 Å². The van der Waals surface area contributed by atoms with Crippen LogP contribution in [0.5, 0.6) is 0 Å². The largest absolute Gasteiger partial charge is 0.450 e. The Kier molecular flexibility index (Phi) is 5.85. The molecule has 0 saturated carbocycles. The number of ether oxygens (including phenoxy) is 1. The van der Waals surface area contributed by atoms with Gasteiger partial charge in [0.2, 0.25) is 11.8 Å². The predicted octanol–water partition coefficient (Wildman–Crippen LogP) is 0.980. The van der Waals surface area contributed by atoms with Gasteiger partial charge in [-0.3, -0.25) is 9.59 Å². The van der Waals surface area contributed by atoms with Gasteiger partial charge in [-0.1, -0.05) is 0 Å². The van der Waals surface area contributed by atoms with Crippen molar-refractivity contribution in [2.75, 3.05) is 26.2 Å². The van der Waals surface area contributed by atoms with Gasteiger partial charge in [0, 0.05) is 38.1 Å². The zero-order valence-electron chi connectivity index (χ0n) is 14.2. The summed E-state index contributed by atoms with van der Waals surface area (Å²) in [6.07, 6.45) is 1.45. The maximum atomic E-state index is 12.3. The topological polar surface area (TPSA) is 79.0 Å². The zero-order valence-corrected chi connectivity index (χ0v) is 14.2. The Hall–Kier alpha value is -1.79. The van der Waals surface area contributed by atoms with Gasteiger partial charge in [0.05, 0.1) is 12.5 Å². The smallest absolute Gasteiger partial charge is 0.409 e. The number of amides is 3. The maximum Gasteiger partial charge on any atom is 0.409 e. The van der Waals surface area contributed by atoms with Gasteiger partial charge in [0.25, 0.3) is 0 Å². The number of rotatable bonds is 4. The molecular formula is C16H27N3O4. The van der Waals surface area contributed by atoms with E-state index < -0.39 is 0 Å². The van der Waals surface area contributed by atoms with E-state index in [1.54, 1.807) is 16.7 Å². The molecule has 2 fully saturated rings. The van der Waals surface area contributed by atoms with Gasteiger partial charge in [0.1, 0.15) is 0 Å². The normalized spacial score (nSPS) is 22.6. The van der Waals surface area contributed by atoms with Crippen molar-refractivity contribution in [3.63, 3.8) is 0 Å². The van der Waals surface area contributed by atoms with E-state index in [1.807, 2.05) is 13.8 Å². The second-order valence-corrected chi connectivity index (χ2v) is 6.51. The molecule has 3 amide bonds. The summed E-state index contributed by atoms with van der Waals surface area (Å²) in [5.74, 6) is -0.249. The fourth-order valence-electron chi connectivity index (χ4n) is 3.15. The minimum absolute atomic E-state index is 0.0453. The molecule has 7 heteroatoms. The molecule has 7 nitrogen and oxygen atoms in total. The quantitative estimate of drug-likeness (QED) is 0.836. The van der Waals surface area contributed by atoms with E-state index in [0.29, 0.717) is 32.7 Å². The first kappa shape index (κ1) is 17.6. The lowest BCUT2D eigenvalue weighted by Crippen LogP contribution is -2.48. The molecule has 0 radical (unpaired) electrons. The van der Waals surface area contributed by atoms with E-state index in [2.05, 4.69) is 5.32 Å². The average molecular weight is 325 g/mol. The summed E-state index contributed by atoms with van der Waals surface area (Å²) in [5.41, 5.74) is 0. The van der Waals surface area contributed by atoms with Gasteiger partial charge in [-0.05, 0) is 33.6 Å². The molecule has 0 aromatic carbocycles. The van der Waals surface area contributed by atoms with Crippen LogP contribution in [0.15, 0.2) is 0 Å². The third kappa shape index (κ3) is 4.36. The summed E-state index contributed by atoms with van der Waals surface area (Å²) in [7, 11) is 0. The van der Waals surface area contributed by atoms with Crippen LogP contribution < -0.4 is 5.32 Å². The minimum atomic E-state index is -0.286. The van der Waals surface area contributed by atoms with Crippen molar-refractivity contribution in [3.05, 3.63) is 0 Å². The SMILES string of the molecule is CCOC(=O)N1CCC(NC(=O)[C@H]2CC(=O)N(C(C)C)C2)CC1. The minimum Gasteiger partial charge on any atom is -0.450 e. The number of hydrogen-bond acceptors (Lipinski definition) is 4. The van der Waals surface area contributed by atoms with Crippen LogP contribution in [-0.2, 0) is 14.3 Å². The lowest BCUT2D eigenvalue weighted by molar-refractivity contribution is -0.130. The van der Waals surface area contributed by atoms with Crippen LogP contribution in [0.2, 0.25) is 0 Å². The lowest BCUT2D eigenvalue weighted by atomic mass is 10.0. The van der Waals surface area contributed by atoms with E-state index in [1.165, 1.54) is 0 Å². The summed E-state index contributed by atoms with van der Waals surface area (Å²) >= 11 is 0. The van der Waals surface area contributed by atoms with Gasteiger partial charge < -0.3 is 19.9 Å². The number of piperidine rings is 1. The summed E-state index contributed by atoms with van der Waals surface area (Å²) in [6.45, 7) is 7.76. The number of carbonyl (C=O) groups excluding carboxylic acids is 3. The van der Waals surface area contributed by atoms with E-state index in [-0.39, 0.29) is 35.9 Å². The van der Waals surface area contributed by atoms with Gasteiger partial charge in [-0.2, -0.15) is 0 Å². The van der Waals surface area contributed by atoms with Gasteiger partial charge in [-0.15, -0.1) is 0 Å². The Bertz CT molecular complexity index is 458. The monoisotopic (exact) mass is 325 g/mol. The third-order valence-electron chi connectivity index (χ3n) is 4.52. The zero-order chi connectivity index (χ0) is 17.0. The molecule has 0 aliphatic carbocycles. The Morgan fingerprint density at radius 2 is 1.96 bits per heavy atom. The number of likely N-dealkylation sites (tertiary alicyclic amines) is 2. The van der Waals surface area contributed by atoms with Crippen LogP contribution in [0.25, 0.3) is 0 Å². The molecule has 1 atom stereocenters. The van der Waals surface area contributed by atoms with Crippen molar-refractivity contribution in [1.82, 2.24) is 15.1 Å². The molecular weight excluding hydrogens is 298 g/mol. The van der Waals surface area contributed by atoms with Crippen LogP contribution in [0.1, 0.15) is 40.0 Å². The highest BCUT2D eigenvalue weighted by molar-refractivity contribution is 5.89. The van der Waals surface area contributed by atoms with Crippen LogP contribution in [0.4, 0.5) is 4.79 Å². The Balaban J connectivity index is 1.77. The van der Waals surface area contributed by atoms with Crippen molar-refractivity contribution < 1.29 is 19.1 Å². The number of carbonyl (C=O) groups is 3. The first-order valence-electron chi connectivity index (χ1n) is 8.43. The summed E-state index contributed by atoms with van der Waals surface area (Å²) < 4.78 is 4.98. The van der Waals surface area contributed by atoms with Gasteiger partial charge in [0.15, 0.2) is 0 Å². The fraction of sp³-hybridized carbons (Fsp3) is 0.812. The molecule has 23 heavy (non-hydrogen) atoms. The molecule has 2 rings (SSSR count). The fourth-order valence-corrected chi connectivity index (χ4v) is 3.15. The van der Waals surface area contributed by atoms with Crippen molar-refractivity contribution in [2.45, 2.75) is 52.1 Å². The highest BCUT2D eigenvalue weighted by Crippen LogP contribution is 2.21. The molecule has 2 saturated heterocycles. The number of hydrogen-bond donors (Lipinski definition) is 1. The van der Waals surface area contributed by atoms with Crippen molar-refractivity contribution in [3.8, 4) is 0 Å². The Labute approximate surface area is 137 Å². The maximum absolute atomic E-state index is 12.3. The highest BCUT2D eigenvalue weighted by Gasteiger charge is 2.36. The Morgan fingerprint density at radius 1 is 1.30 bits per heavy atom. The van der Waals surface area contributed by atoms with Crippen molar-refractivity contribution >= 4 is 17.9 Å². The van der Waals surface area contributed by atoms with Crippen LogP contribution >= 0.6 is 0 Å². The summed E-state index contributed by atoms with van der Waals surface area (Å²) in [5, 5.41) is 3.04. The number of nitrogens with zero attached hydrogens (tertiary/aromatic N) is 2.